The van der Waals surface area contributed by atoms with E-state index in [4.69, 9.17) is 4.74 Å². The number of nitrogens with zero attached hydrogens (tertiary/aromatic N) is 1. The van der Waals surface area contributed by atoms with Gasteiger partial charge < -0.3 is 4.74 Å². The Bertz CT molecular complexity index is 471. The van der Waals surface area contributed by atoms with Crippen LogP contribution in [0.3, 0.4) is 0 Å². The van der Waals surface area contributed by atoms with Crippen LogP contribution in [0.2, 0.25) is 0 Å². The molecular formula is C11H10FNO4. The lowest BCUT2D eigenvalue weighted by atomic mass is 9.96. The molecule has 0 saturated heterocycles. The number of benzene rings is 1. The molecule has 5 nitrogen and oxygen atoms in total. The highest BCUT2D eigenvalue weighted by molar-refractivity contribution is 5.89. The van der Waals surface area contributed by atoms with Gasteiger partial charge in [-0.05, 0) is 31.4 Å². The van der Waals surface area contributed by atoms with Crippen LogP contribution in [0.1, 0.15) is 29.6 Å². The number of hydrogen-bond acceptors (Lipinski definition) is 4. The molecule has 1 saturated carbocycles. The molecule has 0 unspecified atom stereocenters. The van der Waals surface area contributed by atoms with Crippen LogP contribution in [0.15, 0.2) is 18.2 Å². The molecule has 1 aromatic carbocycles. The lowest BCUT2D eigenvalue weighted by Crippen LogP contribution is -2.25. The van der Waals surface area contributed by atoms with Crippen LogP contribution in [0.25, 0.3) is 0 Å². The van der Waals surface area contributed by atoms with Crippen molar-refractivity contribution < 1.29 is 18.8 Å². The smallest absolute Gasteiger partial charge is 0.338 e. The molecule has 90 valence electrons. The van der Waals surface area contributed by atoms with Gasteiger partial charge in [0.25, 0.3) is 0 Å². The molecule has 1 aliphatic rings. The molecule has 0 atom stereocenters. The van der Waals surface area contributed by atoms with E-state index in [1.807, 2.05) is 0 Å². The summed E-state index contributed by atoms with van der Waals surface area (Å²) in [6.45, 7) is 0. The molecule has 0 N–H and O–H groups in total. The van der Waals surface area contributed by atoms with Gasteiger partial charge in [-0.25, -0.2) is 4.79 Å². The Morgan fingerprint density at radius 2 is 2.18 bits per heavy atom. The van der Waals surface area contributed by atoms with Gasteiger partial charge in [-0.3, -0.25) is 10.1 Å². The average Bonchev–Trinajstić information content (AvgIpc) is 2.22. The van der Waals surface area contributed by atoms with E-state index in [1.165, 1.54) is 6.07 Å². The second-order valence-corrected chi connectivity index (χ2v) is 3.88. The zero-order chi connectivity index (χ0) is 12.4. The minimum atomic E-state index is -1.03. The van der Waals surface area contributed by atoms with E-state index in [1.54, 1.807) is 0 Å². The van der Waals surface area contributed by atoms with E-state index in [-0.39, 0.29) is 11.7 Å². The summed E-state index contributed by atoms with van der Waals surface area (Å²) >= 11 is 0. The van der Waals surface area contributed by atoms with Crippen molar-refractivity contribution in [3.63, 3.8) is 0 Å². The zero-order valence-electron chi connectivity index (χ0n) is 8.89. The fourth-order valence-corrected chi connectivity index (χ4v) is 1.49. The van der Waals surface area contributed by atoms with Gasteiger partial charge in [-0.2, -0.15) is 4.39 Å². The van der Waals surface area contributed by atoms with Crippen molar-refractivity contribution in [2.24, 2.45) is 0 Å². The number of carbonyl (C=O) groups excluding carboxylic acids is 1. The monoisotopic (exact) mass is 239 g/mol. The highest BCUT2D eigenvalue weighted by atomic mass is 19.1. The lowest BCUT2D eigenvalue weighted by molar-refractivity contribution is -0.387. The summed E-state index contributed by atoms with van der Waals surface area (Å²) < 4.78 is 18.3. The average molecular weight is 239 g/mol. The molecular weight excluding hydrogens is 229 g/mol. The first kappa shape index (κ1) is 11.5. The molecule has 0 bridgehead atoms. The van der Waals surface area contributed by atoms with Gasteiger partial charge in [0.05, 0.1) is 10.5 Å². The Balaban J connectivity index is 2.13. The van der Waals surface area contributed by atoms with Crippen molar-refractivity contribution in [1.82, 2.24) is 0 Å². The summed E-state index contributed by atoms with van der Waals surface area (Å²) in [5.74, 6) is -1.67. The SMILES string of the molecule is O=C(OC1CCC1)c1ccc([N+](=O)[O-])c(F)c1. The fraction of sp³-hybridized carbons (Fsp3) is 0.364. The van der Waals surface area contributed by atoms with Crippen molar-refractivity contribution >= 4 is 11.7 Å². The summed E-state index contributed by atoms with van der Waals surface area (Å²) in [5, 5.41) is 10.4. The molecule has 2 rings (SSSR count). The number of rotatable bonds is 3. The zero-order valence-corrected chi connectivity index (χ0v) is 8.89. The second kappa shape index (κ2) is 4.48. The number of nitro benzene ring substituents is 1. The van der Waals surface area contributed by atoms with Gasteiger partial charge in [-0.15, -0.1) is 0 Å². The van der Waals surface area contributed by atoms with E-state index < -0.39 is 22.4 Å². The molecule has 0 heterocycles. The van der Waals surface area contributed by atoms with Crippen LogP contribution in [0.5, 0.6) is 0 Å². The van der Waals surface area contributed by atoms with E-state index in [0.717, 1.165) is 31.4 Å². The Morgan fingerprint density at radius 1 is 1.47 bits per heavy atom. The molecule has 1 fully saturated rings. The van der Waals surface area contributed by atoms with Crippen LogP contribution >= 0.6 is 0 Å². The largest absolute Gasteiger partial charge is 0.459 e. The standard InChI is InChI=1S/C11H10FNO4/c12-9-6-7(4-5-10(9)13(15)16)11(14)17-8-2-1-3-8/h4-6,8H,1-3H2. The number of nitro groups is 1. The first-order valence-corrected chi connectivity index (χ1v) is 5.23. The predicted molar refractivity (Wildman–Crippen MR) is 56.1 cm³/mol. The summed E-state index contributed by atoms with van der Waals surface area (Å²) in [5.41, 5.74) is -0.648. The molecule has 0 aromatic heterocycles. The quantitative estimate of drug-likeness (QED) is 0.461. The van der Waals surface area contributed by atoms with Crippen LogP contribution in [0.4, 0.5) is 10.1 Å². The topological polar surface area (TPSA) is 69.4 Å². The van der Waals surface area contributed by atoms with Gasteiger partial charge in [0.15, 0.2) is 0 Å². The Kier molecular flexibility index (Phi) is 3.03. The maximum Gasteiger partial charge on any atom is 0.338 e. The van der Waals surface area contributed by atoms with Crippen molar-refractivity contribution in [2.45, 2.75) is 25.4 Å². The van der Waals surface area contributed by atoms with Crippen LogP contribution in [0, 0.1) is 15.9 Å². The predicted octanol–water partition coefficient (Wildman–Crippen LogP) is 2.44. The molecule has 1 aromatic rings. The van der Waals surface area contributed by atoms with Crippen molar-refractivity contribution in [2.75, 3.05) is 0 Å². The maximum atomic E-state index is 13.2. The van der Waals surface area contributed by atoms with Gasteiger partial charge in [0.2, 0.25) is 5.82 Å². The van der Waals surface area contributed by atoms with Crippen LogP contribution in [-0.2, 0) is 4.74 Å². The first-order chi connectivity index (χ1) is 8.08. The minimum absolute atomic E-state index is 0.000000000000000444. The number of esters is 1. The number of carbonyl (C=O) groups is 1. The highest BCUT2D eigenvalue weighted by Crippen LogP contribution is 2.24. The summed E-state index contributed by atoms with van der Waals surface area (Å²) in [4.78, 5) is 21.1. The third-order valence-corrected chi connectivity index (χ3v) is 2.71. The molecule has 0 aliphatic heterocycles. The van der Waals surface area contributed by atoms with Crippen LogP contribution in [-0.4, -0.2) is 17.0 Å². The number of halogens is 1. The molecule has 17 heavy (non-hydrogen) atoms. The fourth-order valence-electron chi connectivity index (χ4n) is 1.49. The van der Waals surface area contributed by atoms with E-state index in [2.05, 4.69) is 0 Å². The first-order valence-electron chi connectivity index (χ1n) is 5.23. The minimum Gasteiger partial charge on any atom is -0.459 e. The van der Waals surface area contributed by atoms with Crippen LogP contribution < -0.4 is 0 Å². The van der Waals surface area contributed by atoms with Crippen molar-refractivity contribution in [3.8, 4) is 0 Å². The molecule has 0 spiro atoms. The van der Waals surface area contributed by atoms with E-state index in [0.29, 0.717) is 0 Å². The summed E-state index contributed by atoms with van der Waals surface area (Å²) in [6, 6.07) is 2.99. The van der Waals surface area contributed by atoms with Gasteiger partial charge >= 0.3 is 11.7 Å². The normalized spacial score (nSPS) is 15.1. The third kappa shape index (κ3) is 2.41. The van der Waals surface area contributed by atoms with Crippen molar-refractivity contribution in [1.29, 1.82) is 0 Å². The van der Waals surface area contributed by atoms with Gasteiger partial charge in [0, 0.05) is 6.07 Å². The van der Waals surface area contributed by atoms with E-state index in [9.17, 15) is 19.3 Å². The Labute approximate surface area is 96.3 Å². The van der Waals surface area contributed by atoms with Gasteiger partial charge in [0.1, 0.15) is 6.10 Å². The lowest BCUT2D eigenvalue weighted by Gasteiger charge is -2.25. The molecule has 0 radical (unpaired) electrons. The van der Waals surface area contributed by atoms with E-state index >= 15 is 0 Å². The third-order valence-electron chi connectivity index (χ3n) is 2.71. The molecule has 0 amide bonds. The molecule has 6 heteroatoms. The number of hydrogen-bond donors (Lipinski definition) is 0. The summed E-state index contributed by atoms with van der Waals surface area (Å²) in [6.07, 6.45) is 2.57. The molecule has 1 aliphatic carbocycles. The maximum absolute atomic E-state index is 13.2. The summed E-state index contributed by atoms with van der Waals surface area (Å²) in [7, 11) is 0. The Morgan fingerprint density at radius 3 is 2.65 bits per heavy atom. The Hall–Kier alpha value is -1.98. The number of ether oxygens (including phenoxy) is 1. The van der Waals surface area contributed by atoms with Gasteiger partial charge in [-0.1, -0.05) is 0 Å². The van der Waals surface area contributed by atoms with Crippen molar-refractivity contribution in [3.05, 3.63) is 39.7 Å². The highest BCUT2D eigenvalue weighted by Gasteiger charge is 2.24. The second-order valence-electron chi connectivity index (χ2n) is 3.88.